The number of rotatable bonds is 4. The first-order chi connectivity index (χ1) is 9.99. The summed E-state index contributed by atoms with van der Waals surface area (Å²) < 4.78 is 0. The van der Waals surface area contributed by atoms with Crippen molar-refractivity contribution in [2.24, 2.45) is 0 Å². The van der Waals surface area contributed by atoms with Crippen LogP contribution in [-0.4, -0.2) is 21.6 Å². The van der Waals surface area contributed by atoms with E-state index in [2.05, 4.69) is 15.3 Å². The van der Waals surface area contributed by atoms with E-state index in [4.69, 9.17) is 34.8 Å². The van der Waals surface area contributed by atoms with E-state index in [1.165, 1.54) is 18.0 Å². The maximum Gasteiger partial charge on any atom is 0.275 e. The lowest BCUT2D eigenvalue weighted by Crippen LogP contribution is -2.15. The summed E-state index contributed by atoms with van der Waals surface area (Å²) in [6, 6.07) is 4.75. The van der Waals surface area contributed by atoms with Crippen LogP contribution in [0.4, 0.5) is 5.69 Å². The number of carbonyl (C=O) groups is 1. The molecule has 110 valence electrons. The molecule has 0 unspecified atom stereocenters. The minimum atomic E-state index is -0.446. The predicted octanol–water partition coefficient (Wildman–Crippen LogP) is 4.80. The molecule has 0 aliphatic carbocycles. The van der Waals surface area contributed by atoms with Crippen molar-refractivity contribution in [3.63, 3.8) is 0 Å². The maximum atomic E-state index is 12.2. The molecule has 8 heteroatoms. The number of benzene rings is 1. The van der Waals surface area contributed by atoms with Crippen LogP contribution in [0.5, 0.6) is 0 Å². The average molecular weight is 363 g/mol. The highest BCUT2D eigenvalue weighted by molar-refractivity contribution is 7.99. The van der Waals surface area contributed by atoms with Gasteiger partial charge in [0.25, 0.3) is 5.91 Å². The zero-order valence-corrected chi connectivity index (χ0v) is 13.9. The summed E-state index contributed by atoms with van der Waals surface area (Å²) in [7, 11) is 0. The van der Waals surface area contributed by atoms with Crippen molar-refractivity contribution < 1.29 is 4.79 Å². The van der Waals surface area contributed by atoms with Gasteiger partial charge in [0, 0.05) is 15.7 Å². The average Bonchev–Trinajstić information content (AvgIpc) is 2.40. The first-order valence-corrected chi connectivity index (χ1v) is 8.04. The van der Waals surface area contributed by atoms with Crippen molar-refractivity contribution in [3.05, 3.63) is 45.2 Å². The lowest BCUT2D eigenvalue weighted by Gasteiger charge is -2.08. The fourth-order valence-corrected chi connectivity index (χ4v) is 2.77. The Morgan fingerprint density at radius 2 is 1.90 bits per heavy atom. The molecule has 1 aromatic carbocycles. The highest BCUT2D eigenvalue weighted by Crippen LogP contribution is 2.24. The smallest absolute Gasteiger partial charge is 0.275 e. The molecule has 1 aromatic heterocycles. The maximum absolute atomic E-state index is 12.2. The molecule has 1 N–H and O–H groups in total. The van der Waals surface area contributed by atoms with Crippen molar-refractivity contribution in [3.8, 4) is 0 Å². The van der Waals surface area contributed by atoms with Gasteiger partial charge in [-0.3, -0.25) is 4.79 Å². The monoisotopic (exact) mass is 361 g/mol. The Morgan fingerprint density at radius 1 is 1.24 bits per heavy atom. The van der Waals surface area contributed by atoms with Gasteiger partial charge in [-0.25, -0.2) is 9.97 Å². The van der Waals surface area contributed by atoms with Crippen molar-refractivity contribution in [2.45, 2.75) is 12.1 Å². The van der Waals surface area contributed by atoms with E-state index in [0.717, 1.165) is 5.75 Å². The largest absolute Gasteiger partial charge is 0.321 e. The molecule has 2 aromatic rings. The van der Waals surface area contributed by atoms with Crippen LogP contribution in [0.25, 0.3) is 0 Å². The van der Waals surface area contributed by atoms with Gasteiger partial charge in [0.05, 0.1) is 11.2 Å². The molecule has 1 amide bonds. The molecule has 1 heterocycles. The third-order valence-electron chi connectivity index (χ3n) is 2.33. The van der Waals surface area contributed by atoms with E-state index in [9.17, 15) is 4.79 Å². The third kappa shape index (κ3) is 4.48. The van der Waals surface area contributed by atoms with Crippen LogP contribution < -0.4 is 5.32 Å². The predicted molar refractivity (Wildman–Crippen MR) is 87.9 cm³/mol. The Bertz CT molecular complexity index is 661. The van der Waals surface area contributed by atoms with E-state index < -0.39 is 5.91 Å². The van der Waals surface area contributed by atoms with Crippen LogP contribution >= 0.6 is 46.6 Å². The summed E-state index contributed by atoms with van der Waals surface area (Å²) in [6.45, 7) is 1.97. The summed E-state index contributed by atoms with van der Waals surface area (Å²) in [5.74, 6) is 0.353. The Hall–Kier alpha value is -1.01. The van der Waals surface area contributed by atoms with Gasteiger partial charge in [0.15, 0.2) is 10.9 Å². The molecule has 21 heavy (non-hydrogen) atoms. The number of thioether (sulfide) groups is 1. The van der Waals surface area contributed by atoms with Crippen LogP contribution in [-0.2, 0) is 0 Å². The standard InChI is InChI=1S/C13H10Cl3N3OS/c1-2-21-13-17-6-10(16)11(19-13)12(20)18-9-4-7(14)3-8(15)5-9/h3-6H,2H2,1H3,(H,18,20). The first kappa shape index (κ1) is 16.4. The summed E-state index contributed by atoms with van der Waals surface area (Å²) in [5.41, 5.74) is 0.579. The molecular weight excluding hydrogens is 353 g/mol. The van der Waals surface area contributed by atoms with Gasteiger partial charge in [0.1, 0.15) is 0 Å². The quantitative estimate of drug-likeness (QED) is 0.627. The van der Waals surface area contributed by atoms with Crippen molar-refractivity contribution in [2.75, 3.05) is 11.1 Å². The number of nitrogens with zero attached hydrogens (tertiary/aromatic N) is 2. The number of hydrogen-bond acceptors (Lipinski definition) is 4. The SMILES string of the molecule is CCSc1ncc(Cl)c(C(=O)Nc2cc(Cl)cc(Cl)c2)n1. The van der Waals surface area contributed by atoms with Crippen molar-refractivity contribution in [1.29, 1.82) is 0 Å². The van der Waals surface area contributed by atoms with Gasteiger partial charge in [-0.2, -0.15) is 0 Å². The minimum absolute atomic E-state index is 0.110. The zero-order valence-electron chi connectivity index (χ0n) is 10.9. The fourth-order valence-electron chi connectivity index (χ4n) is 1.53. The van der Waals surface area contributed by atoms with Crippen LogP contribution in [0.15, 0.2) is 29.6 Å². The number of nitrogens with one attached hydrogen (secondary N) is 1. The summed E-state index contributed by atoms with van der Waals surface area (Å²) in [5, 5.41) is 4.19. The molecule has 4 nitrogen and oxygen atoms in total. The van der Waals surface area contributed by atoms with E-state index in [0.29, 0.717) is 20.9 Å². The number of anilines is 1. The molecular formula is C13H10Cl3N3OS. The van der Waals surface area contributed by atoms with Crippen molar-refractivity contribution in [1.82, 2.24) is 9.97 Å². The molecule has 0 bridgehead atoms. The lowest BCUT2D eigenvalue weighted by atomic mass is 10.3. The number of amides is 1. The molecule has 0 aliphatic heterocycles. The van der Waals surface area contributed by atoms with Gasteiger partial charge < -0.3 is 5.32 Å². The minimum Gasteiger partial charge on any atom is -0.321 e. The molecule has 0 aliphatic rings. The molecule has 0 spiro atoms. The molecule has 0 radical (unpaired) electrons. The lowest BCUT2D eigenvalue weighted by molar-refractivity contribution is 0.102. The van der Waals surface area contributed by atoms with Gasteiger partial charge >= 0.3 is 0 Å². The van der Waals surface area contributed by atoms with Gasteiger partial charge in [-0.1, -0.05) is 53.5 Å². The number of aromatic nitrogens is 2. The molecule has 0 atom stereocenters. The topological polar surface area (TPSA) is 54.9 Å². The second-order valence-corrected chi connectivity index (χ2v) is 6.41. The fraction of sp³-hybridized carbons (Fsp3) is 0.154. The molecule has 0 fully saturated rings. The van der Waals surface area contributed by atoms with Gasteiger partial charge in [0.2, 0.25) is 0 Å². The van der Waals surface area contributed by atoms with Crippen LogP contribution in [0.2, 0.25) is 15.1 Å². The molecule has 2 rings (SSSR count). The Labute approximate surface area is 141 Å². The zero-order chi connectivity index (χ0) is 15.4. The van der Waals surface area contributed by atoms with Gasteiger partial charge in [-0.15, -0.1) is 0 Å². The van der Waals surface area contributed by atoms with E-state index in [1.807, 2.05) is 6.92 Å². The second-order valence-electron chi connectivity index (χ2n) is 3.89. The summed E-state index contributed by atoms with van der Waals surface area (Å²) in [6.07, 6.45) is 1.41. The number of hydrogen-bond donors (Lipinski definition) is 1. The molecule has 0 saturated carbocycles. The van der Waals surface area contributed by atoms with Crippen molar-refractivity contribution >= 4 is 58.2 Å². The normalized spacial score (nSPS) is 10.5. The highest BCUT2D eigenvalue weighted by atomic mass is 35.5. The van der Waals surface area contributed by atoms with E-state index in [1.54, 1.807) is 18.2 Å². The summed E-state index contributed by atoms with van der Waals surface area (Å²) in [4.78, 5) is 20.4. The van der Waals surface area contributed by atoms with Crippen LogP contribution in [0.3, 0.4) is 0 Å². The highest BCUT2D eigenvalue weighted by Gasteiger charge is 2.15. The van der Waals surface area contributed by atoms with Crippen LogP contribution in [0.1, 0.15) is 17.4 Å². The molecule has 0 saturated heterocycles. The van der Waals surface area contributed by atoms with Crippen LogP contribution in [0, 0.1) is 0 Å². The Balaban J connectivity index is 2.25. The summed E-state index contributed by atoms with van der Waals surface area (Å²) >= 11 is 19.2. The second kappa shape index (κ2) is 7.31. The number of halogens is 3. The van der Waals surface area contributed by atoms with E-state index in [-0.39, 0.29) is 10.7 Å². The first-order valence-electron chi connectivity index (χ1n) is 5.92. The van der Waals surface area contributed by atoms with Gasteiger partial charge in [-0.05, 0) is 24.0 Å². The number of carbonyl (C=O) groups excluding carboxylic acids is 1. The Morgan fingerprint density at radius 3 is 2.52 bits per heavy atom. The van der Waals surface area contributed by atoms with E-state index >= 15 is 0 Å². The third-order valence-corrected chi connectivity index (χ3v) is 3.79. The Kier molecular flexibility index (Phi) is 5.70.